The molecule has 0 spiro atoms. The summed E-state index contributed by atoms with van der Waals surface area (Å²) in [5.74, 6) is -4.94. The second-order valence-electron chi connectivity index (χ2n) is 8.92. The lowest BCUT2D eigenvalue weighted by atomic mass is 9.73. The fourth-order valence-corrected chi connectivity index (χ4v) is 3.78. The van der Waals surface area contributed by atoms with Gasteiger partial charge in [-0.3, -0.25) is 4.79 Å². The summed E-state index contributed by atoms with van der Waals surface area (Å²) in [4.78, 5) is 24.0. The van der Waals surface area contributed by atoms with Crippen molar-refractivity contribution in [3.63, 3.8) is 0 Å². The van der Waals surface area contributed by atoms with Crippen LogP contribution < -0.4 is 0 Å². The van der Waals surface area contributed by atoms with Crippen LogP contribution in [0.2, 0.25) is 0 Å². The van der Waals surface area contributed by atoms with Crippen molar-refractivity contribution in [3.8, 4) is 6.07 Å². The van der Waals surface area contributed by atoms with Crippen molar-refractivity contribution in [2.75, 3.05) is 13.1 Å². The molecule has 8 heteroatoms. The third-order valence-corrected chi connectivity index (χ3v) is 5.30. The average molecular weight is 422 g/mol. The molecule has 0 aliphatic carbocycles. The van der Waals surface area contributed by atoms with E-state index in [0.29, 0.717) is 16.0 Å². The molecule has 6 nitrogen and oxygen atoms in total. The maximum Gasteiger partial charge on any atom is 0.407 e. The summed E-state index contributed by atoms with van der Waals surface area (Å²) < 4.78 is 35.0. The zero-order valence-corrected chi connectivity index (χ0v) is 17.7. The Balaban J connectivity index is 2.31. The molecule has 2 atom stereocenters. The highest BCUT2D eigenvalue weighted by Crippen LogP contribution is 2.44. The van der Waals surface area contributed by atoms with Crippen LogP contribution in [0.1, 0.15) is 64.0 Å². The molecule has 0 bridgehead atoms. The average Bonchev–Trinajstić information content (AvgIpc) is 2.64. The molecule has 1 saturated heterocycles. The van der Waals surface area contributed by atoms with E-state index in [4.69, 9.17) is 9.84 Å². The number of alkyl halides is 2. The Morgan fingerprint density at radius 2 is 1.93 bits per heavy atom. The molecule has 1 unspecified atom stereocenters. The number of carbonyl (C=O) groups excluding carboxylic acids is 1. The first-order valence-corrected chi connectivity index (χ1v) is 9.87. The number of rotatable bonds is 5. The smallest absolute Gasteiger partial charge is 0.407 e. The van der Waals surface area contributed by atoms with E-state index in [1.165, 1.54) is 0 Å². The number of carboxylic acid groups (broad SMARTS) is 1. The van der Waals surface area contributed by atoms with Gasteiger partial charge in [0.2, 0.25) is 0 Å². The Bertz CT molecular complexity index is 844. The molecule has 2 rings (SSSR count). The van der Waals surface area contributed by atoms with Gasteiger partial charge in [0.15, 0.2) is 0 Å². The molecule has 1 aromatic carbocycles. The van der Waals surface area contributed by atoms with E-state index in [0.717, 1.165) is 0 Å². The molecular weight excluding hydrogens is 394 g/mol. The number of halogens is 2. The highest BCUT2D eigenvalue weighted by Gasteiger charge is 2.48. The minimum absolute atomic E-state index is 0.00883. The lowest BCUT2D eigenvalue weighted by Crippen LogP contribution is -2.49. The minimum atomic E-state index is -3.27. The van der Waals surface area contributed by atoms with Crippen LogP contribution in [-0.4, -0.2) is 46.7 Å². The largest absolute Gasteiger partial charge is 0.465 e. The fraction of sp³-hybridized carbons (Fsp3) is 0.591. The molecule has 1 aliphatic heterocycles. The predicted molar refractivity (Wildman–Crippen MR) is 106 cm³/mol. The molecule has 164 valence electrons. The number of benzene rings is 1. The van der Waals surface area contributed by atoms with Crippen molar-refractivity contribution in [2.45, 2.75) is 69.8 Å². The number of ether oxygens (including phenoxy) is 1. The summed E-state index contributed by atoms with van der Waals surface area (Å²) in [5, 5.41) is 18.9. The van der Waals surface area contributed by atoms with Crippen molar-refractivity contribution < 1.29 is 28.2 Å². The number of nitriles is 1. The molecule has 1 heterocycles. The minimum Gasteiger partial charge on any atom is -0.465 e. The number of esters is 1. The molecule has 0 aromatic heterocycles. The summed E-state index contributed by atoms with van der Waals surface area (Å²) >= 11 is 0. The maximum absolute atomic E-state index is 14.9. The van der Waals surface area contributed by atoms with E-state index < -0.39 is 41.5 Å². The number of hydrogen-bond donors (Lipinski definition) is 1. The summed E-state index contributed by atoms with van der Waals surface area (Å²) in [7, 11) is 0. The molecule has 1 N–H and O–H groups in total. The summed E-state index contributed by atoms with van der Waals surface area (Å²) in [6, 6.07) is 8.69. The molecular formula is C22H28F2N2O4. The van der Waals surface area contributed by atoms with E-state index in [9.17, 15) is 23.6 Å². The third-order valence-electron chi connectivity index (χ3n) is 5.30. The summed E-state index contributed by atoms with van der Waals surface area (Å²) in [6.45, 7) is 5.97. The summed E-state index contributed by atoms with van der Waals surface area (Å²) in [6.07, 6.45) is -1.33. The van der Waals surface area contributed by atoms with Crippen molar-refractivity contribution in [2.24, 2.45) is 0 Å². The zero-order chi connectivity index (χ0) is 22.7. The predicted octanol–water partition coefficient (Wildman–Crippen LogP) is 4.69. The topological polar surface area (TPSA) is 90.6 Å². The zero-order valence-electron chi connectivity index (χ0n) is 17.7. The van der Waals surface area contributed by atoms with Gasteiger partial charge in [-0.1, -0.05) is 24.3 Å². The van der Waals surface area contributed by atoms with Gasteiger partial charge in [0.1, 0.15) is 5.60 Å². The van der Waals surface area contributed by atoms with Crippen LogP contribution in [0.25, 0.3) is 0 Å². The lowest BCUT2D eigenvalue weighted by molar-refractivity contribution is -0.155. The molecule has 1 aromatic rings. The van der Waals surface area contributed by atoms with Crippen LogP contribution >= 0.6 is 0 Å². The molecule has 1 amide bonds. The second kappa shape index (κ2) is 8.58. The number of amides is 1. The Morgan fingerprint density at radius 1 is 1.30 bits per heavy atom. The van der Waals surface area contributed by atoms with E-state index in [1.54, 1.807) is 52.0 Å². The van der Waals surface area contributed by atoms with Crippen LogP contribution in [0.5, 0.6) is 0 Å². The Kier molecular flexibility index (Phi) is 6.75. The van der Waals surface area contributed by atoms with Gasteiger partial charge < -0.3 is 14.7 Å². The van der Waals surface area contributed by atoms with Crippen molar-refractivity contribution in [1.29, 1.82) is 5.26 Å². The van der Waals surface area contributed by atoms with Gasteiger partial charge in [-0.25, -0.2) is 13.6 Å². The first kappa shape index (κ1) is 23.6. The molecule has 0 saturated carbocycles. The highest BCUT2D eigenvalue weighted by molar-refractivity contribution is 5.70. The van der Waals surface area contributed by atoms with Crippen LogP contribution in [-0.2, 0) is 14.9 Å². The van der Waals surface area contributed by atoms with Crippen LogP contribution in [0.15, 0.2) is 24.3 Å². The van der Waals surface area contributed by atoms with Crippen molar-refractivity contribution in [1.82, 2.24) is 4.90 Å². The lowest BCUT2D eigenvalue weighted by Gasteiger charge is -2.39. The van der Waals surface area contributed by atoms with Gasteiger partial charge in [0.25, 0.3) is 5.92 Å². The monoisotopic (exact) mass is 422 g/mol. The maximum atomic E-state index is 14.9. The van der Waals surface area contributed by atoms with Crippen LogP contribution in [0.4, 0.5) is 13.6 Å². The molecule has 1 aliphatic rings. The highest BCUT2D eigenvalue weighted by atomic mass is 19.3. The summed E-state index contributed by atoms with van der Waals surface area (Å²) in [5.41, 5.74) is -1.07. The van der Waals surface area contributed by atoms with Gasteiger partial charge in [-0.2, -0.15) is 5.26 Å². The second-order valence-corrected chi connectivity index (χ2v) is 8.92. The molecule has 0 radical (unpaired) electrons. The van der Waals surface area contributed by atoms with Crippen molar-refractivity contribution in [3.05, 3.63) is 35.4 Å². The van der Waals surface area contributed by atoms with Gasteiger partial charge in [-0.15, -0.1) is 0 Å². The Labute approximate surface area is 175 Å². The normalized spacial score (nSPS) is 20.7. The SMILES string of the molecule is CC(C)(C)OC(=O)CC[C@@](C)(C#N)c1ccccc1C1CCN(C(=O)O)CC1(F)F. The first-order valence-electron chi connectivity index (χ1n) is 9.87. The van der Waals surface area contributed by atoms with E-state index >= 15 is 0 Å². The number of hydrogen-bond acceptors (Lipinski definition) is 4. The quantitative estimate of drug-likeness (QED) is 0.695. The van der Waals surface area contributed by atoms with E-state index in [-0.39, 0.29) is 25.8 Å². The Hall–Kier alpha value is -2.69. The van der Waals surface area contributed by atoms with E-state index in [1.807, 2.05) is 0 Å². The fourth-order valence-electron chi connectivity index (χ4n) is 3.78. The number of nitrogens with zero attached hydrogens (tertiary/aromatic N) is 2. The molecule has 30 heavy (non-hydrogen) atoms. The van der Waals surface area contributed by atoms with Gasteiger partial charge in [0.05, 0.1) is 23.9 Å². The van der Waals surface area contributed by atoms with Crippen LogP contribution in [0.3, 0.4) is 0 Å². The first-order chi connectivity index (χ1) is 13.8. The molecule has 1 fully saturated rings. The van der Waals surface area contributed by atoms with E-state index in [2.05, 4.69) is 6.07 Å². The van der Waals surface area contributed by atoms with Gasteiger partial charge in [-0.05, 0) is 51.7 Å². The Morgan fingerprint density at radius 3 is 2.47 bits per heavy atom. The van der Waals surface area contributed by atoms with Crippen molar-refractivity contribution >= 4 is 12.1 Å². The number of carbonyl (C=O) groups is 2. The van der Waals surface area contributed by atoms with Gasteiger partial charge >= 0.3 is 12.1 Å². The van der Waals surface area contributed by atoms with Crippen LogP contribution in [0, 0.1) is 11.3 Å². The third kappa shape index (κ3) is 5.47. The van der Waals surface area contributed by atoms with Gasteiger partial charge in [0, 0.05) is 13.0 Å². The number of likely N-dealkylation sites (tertiary alicyclic amines) is 1. The standard InChI is InChI=1S/C22H28F2N2O4/c1-20(2,3)30-18(27)9-11-21(4,13-25)16-8-6-5-7-15(16)17-10-12-26(19(28)29)14-22(17,23)24/h5-8,17H,9-12,14H2,1-4H3,(H,28,29)/t17?,21-/m0/s1. The number of piperidine rings is 1.